The summed E-state index contributed by atoms with van der Waals surface area (Å²) in [4.78, 5) is 37.3. The Morgan fingerprint density at radius 2 is 1.56 bits per heavy atom. The lowest BCUT2D eigenvalue weighted by molar-refractivity contribution is -0.137. The Morgan fingerprint density at radius 1 is 1.03 bits per heavy atom. The van der Waals surface area contributed by atoms with Crippen molar-refractivity contribution in [2.45, 2.75) is 69.8 Å². The number of rotatable bonds is 7. The number of halogens is 3. The van der Waals surface area contributed by atoms with Gasteiger partial charge in [0, 0.05) is 5.92 Å². The first-order chi connectivity index (χ1) is 16.7. The molecule has 4 N–H and O–H groups in total. The van der Waals surface area contributed by atoms with Crippen LogP contribution in [-0.2, 0) is 20.5 Å². The first kappa shape index (κ1) is 27.0. The van der Waals surface area contributed by atoms with Crippen molar-refractivity contribution in [1.82, 2.24) is 10.6 Å². The fraction of sp³-hybridized carbons (Fsp3) is 0.423. The summed E-state index contributed by atoms with van der Waals surface area (Å²) in [6.07, 6.45) is -4.59. The molecule has 0 spiro atoms. The molecule has 0 heterocycles. The predicted octanol–water partition coefficient (Wildman–Crippen LogP) is 4.50. The van der Waals surface area contributed by atoms with Gasteiger partial charge in [0.1, 0.15) is 17.2 Å². The number of hydrogen-bond acceptors (Lipinski definition) is 4. The third-order valence-corrected chi connectivity index (χ3v) is 6.02. The van der Waals surface area contributed by atoms with Crippen LogP contribution in [0.25, 0.3) is 11.1 Å². The number of ether oxygens (including phenoxy) is 1. The van der Waals surface area contributed by atoms with Crippen molar-refractivity contribution in [3.8, 4) is 11.1 Å². The number of nitrogens with one attached hydrogen (secondary N) is 2. The highest BCUT2D eigenvalue weighted by Crippen LogP contribution is 2.51. The summed E-state index contributed by atoms with van der Waals surface area (Å²) in [7, 11) is 0. The average molecular weight is 506 g/mol. The summed E-state index contributed by atoms with van der Waals surface area (Å²) in [6.45, 7) is 6.82. The molecule has 10 heteroatoms. The van der Waals surface area contributed by atoms with E-state index in [-0.39, 0.29) is 18.8 Å². The number of alkyl halides is 3. The van der Waals surface area contributed by atoms with Gasteiger partial charge in [-0.05, 0) is 62.4 Å². The van der Waals surface area contributed by atoms with Crippen LogP contribution >= 0.6 is 0 Å². The van der Waals surface area contributed by atoms with Gasteiger partial charge in [0.15, 0.2) is 0 Å². The third kappa shape index (κ3) is 6.16. The van der Waals surface area contributed by atoms with Crippen LogP contribution in [0, 0.1) is 0 Å². The van der Waals surface area contributed by atoms with E-state index < -0.39 is 46.8 Å². The van der Waals surface area contributed by atoms with E-state index >= 15 is 0 Å². The third-order valence-electron chi connectivity index (χ3n) is 6.02. The highest BCUT2D eigenvalue weighted by molar-refractivity contribution is 5.97. The van der Waals surface area contributed by atoms with Gasteiger partial charge in [-0.1, -0.05) is 43.3 Å². The lowest BCUT2D eigenvalue weighted by Gasteiger charge is -2.24. The number of nitrogens with two attached hydrogens (primary N) is 1. The monoisotopic (exact) mass is 505 g/mol. The van der Waals surface area contributed by atoms with Gasteiger partial charge in [0.2, 0.25) is 11.8 Å². The fourth-order valence-corrected chi connectivity index (χ4v) is 4.01. The van der Waals surface area contributed by atoms with E-state index in [9.17, 15) is 27.6 Å². The summed E-state index contributed by atoms with van der Waals surface area (Å²) < 4.78 is 43.6. The number of benzene rings is 2. The summed E-state index contributed by atoms with van der Waals surface area (Å²) in [5, 5.41) is 5.22. The molecule has 3 amide bonds. The number of carbonyl (C=O) groups is 3. The first-order valence-corrected chi connectivity index (χ1v) is 11.6. The summed E-state index contributed by atoms with van der Waals surface area (Å²) in [6, 6.07) is 10.9. The van der Waals surface area contributed by atoms with Crippen LogP contribution < -0.4 is 16.4 Å². The maximum absolute atomic E-state index is 12.9. The lowest BCUT2D eigenvalue weighted by Crippen LogP contribution is -2.55. The number of hydrogen-bond donors (Lipinski definition) is 3. The van der Waals surface area contributed by atoms with Crippen LogP contribution in [0.5, 0.6) is 0 Å². The van der Waals surface area contributed by atoms with Gasteiger partial charge in [0.05, 0.1) is 5.56 Å². The standard InChI is InChI=1S/C26H30F3N3O4/c1-5-20(31-23(35)36-24(2,3)4)21(33)32-25(22(30)34)14-19(25)17-8-6-15(7-9-17)16-10-12-18(13-11-16)26(27,28)29/h6-13,19-20H,5,14H2,1-4H3,(H2,30,34)(H,31,35)(H,32,33)/t19-,20-,25-/m0/s1. The SMILES string of the molecule is CC[C@H](NC(=O)OC(C)(C)C)C(=O)N[C@@]1(C(N)=O)C[C@H]1c1ccc(-c2ccc(C(F)(F)F)cc2)cc1. The molecule has 2 aromatic carbocycles. The summed E-state index contributed by atoms with van der Waals surface area (Å²) in [5.74, 6) is -1.62. The van der Waals surface area contributed by atoms with Crippen molar-refractivity contribution in [3.05, 3.63) is 59.7 Å². The van der Waals surface area contributed by atoms with Crippen LogP contribution in [0.3, 0.4) is 0 Å². The quantitative estimate of drug-likeness (QED) is 0.514. The molecule has 0 unspecified atom stereocenters. The van der Waals surface area contributed by atoms with Crippen molar-refractivity contribution in [3.63, 3.8) is 0 Å². The van der Waals surface area contributed by atoms with Gasteiger partial charge in [-0.25, -0.2) is 4.79 Å². The fourth-order valence-electron chi connectivity index (χ4n) is 4.01. The van der Waals surface area contributed by atoms with E-state index in [2.05, 4.69) is 10.6 Å². The van der Waals surface area contributed by atoms with Crippen molar-refractivity contribution in [2.75, 3.05) is 0 Å². The zero-order chi connectivity index (χ0) is 26.9. The molecule has 0 bridgehead atoms. The minimum atomic E-state index is -4.41. The van der Waals surface area contributed by atoms with Gasteiger partial charge >= 0.3 is 12.3 Å². The second-order valence-corrected chi connectivity index (χ2v) is 9.89. The number of primary amides is 1. The second kappa shape index (κ2) is 9.83. The topological polar surface area (TPSA) is 111 Å². The van der Waals surface area contributed by atoms with Crippen LogP contribution in [0.4, 0.5) is 18.0 Å². The van der Waals surface area contributed by atoms with Crippen molar-refractivity contribution < 1.29 is 32.3 Å². The van der Waals surface area contributed by atoms with Crippen LogP contribution in [0.15, 0.2) is 48.5 Å². The predicted molar refractivity (Wildman–Crippen MR) is 128 cm³/mol. The van der Waals surface area contributed by atoms with Gasteiger partial charge in [-0.15, -0.1) is 0 Å². The molecule has 7 nitrogen and oxygen atoms in total. The van der Waals surface area contributed by atoms with Gasteiger partial charge < -0.3 is 21.1 Å². The molecule has 1 aliphatic carbocycles. The number of alkyl carbamates (subject to hydrolysis) is 1. The van der Waals surface area contributed by atoms with E-state index in [1.54, 1.807) is 52.0 Å². The van der Waals surface area contributed by atoms with E-state index in [4.69, 9.17) is 10.5 Å². The molecular weight excluding hydrogens is 475 g/mol. The van der Waals surface area contributed by atoms with Crippen molar-refractivity contribution >= 4 is 17.9 Å². The Hall–Kier alpha value is -3.56. The largest absolute Gasteiger partial charge is 0.444 e. The van der Waals surface area contributed by atoms with E-state index in [1.807, 2.05) is 0 Å². The molecule has 1 fully saturated rings. The minimum absolute atomic E-state index is 0.270. The molecule has 1 saturated carbocycles. The van der Waals surface area contributed by atoms with Gasteiger partial charge in [-0.2, -0.15) is 13.2 Å². The molecule has 0 saturated heterocycles. The smallest absolute Gasteiger partial charge is 0.416 e. The van der Waals surface area contributed by atoms with E-state index in [0.29, 0.717) is 11.1 Å². The Morgan fingerprint density at radius 3 is 2.00 bits per heavy atom. The van der Waals surface area contributed by atoms with Crippen LogP contribution in [0.2, 0.25) is 0 Å². The van der Waals surface area contributed by atoms with E-state index in [0.717, 1.165) is 17.7 Å². The van der Waals surface area contributed by atoms with Crippen LogP contribution in [0.1, 0.15) is 57.6 Å². The maximum atomic E-state index is 12.9. The molecule has 3 rings (SSSR count). The Bertz CT molecular complexity index is 1130. The van der Waals surface area contributed by atoms with Crippen molar-refractivity contribution in [2.24, 2.45) is 5.73 Å². The first-order valence-electron chi connectivity index (χ1n) is 11.6. The summed E-state index contributed by atoms with van der Waals surface area (Å²) >= 11 is 0. The molecule has 0 aromatic heterocycles. The minimum Gasteiger partial charge on any atom is -0.444 e. The highest BCUT2D eigenvalue weighted by atomic mass is 19.4. The molecule has 36 heavy (non-hydrogen) atoms. The Balaban J connectivity index is 1.70. The highest BCUT2D eigenvalue weighted by Gasteiger charge is 2.61. The van der Waals surface area contributed by atoms with Gasteiger partial charge in [0.25, 0.3) is 0 Å². The second-order valence-electron chi connectivity index (χ2n) is 9.89. The zero-order valence-corrected chi connectivity index (χ0v) is 20.5. The molecule has 1 aliphatic rings. The summed E-state index contributed by atoms with van der Waals surface area (Å²) in [5.41, 5.74) is 4.95. The molecule has 2 aromatic rings. The normalized spacial score (nSPS) is 20.2. The van der Waals surface area contributed by atoms with Gasteiger partial charge in [-0.3, -0.25) is 9.59 Å². The molecule has 0 aliphatic heterocycles. The number of carbonyl (C=O) groups excluding carboxylic acids is 3. The maximum Gasteiger partial charge on any atom is 0.416 e. The lowest BCUT2D eigenvalue weighted by atomic mass is 9.99. The Kier molecular flexibility index (Phi) is 7.38. The molecular formula is C26H30F3N3O4. The molecule has 0 radical (unpaired) electrons. The number of amides is 3. The average Bonchev–Trinajstić information content (AvgIpc) is 3.51. The zero-order valence-electron chi connectivity index (χ0n) is 20.5. The Labute approximate surface area is 207 Å². The molecule has 3 atom stereocenters. The molecule has 194 valence electrons. The van der Waals surface area contributed by atoms with Crippen molar-refractivity contribution in [1.29, 1.82) is 0 Å². The van der Waals surface area contributed by atoms with E-state index in [1.165, 1.54) is 12.1 Å². The van der Waals surface area contributed by atoms with Crippen LogP contribution in [-0.4, -0.2) is 35.1 Å².